The topological polar surface area (TPSA) is 39.7 Å². The van der Waals surface area contributed by atoms with E-state index in [1.54, 1.807) is 6.21 Å². The van der Waals surface area contributed by atoms with Crippen LogP contribution in [0.25, 0.3) is 10.8 Å². The first-order chi connectivity index (χ1) is 12.1. The highest BCUT2D eigenvalue weighted by molar-refractivity contribution is 7.80. The van der Waals surface area contributed by atoms with E-state index >= 15 is 0 Å². The lowest BCUT2D eigenvalue weighted by atomic mass is 10.1. The van der Waals surface area contributed by atoms with Gasteiger partial charge in [-0.1, -0.05) is 48.5 Å². The Kier molecular flexibility index (Phi) is 5.26. The summed E-state index contributed by atoms with van der Waals surface area (Å²) in [5.74, 6) is 0. The molecule has 2 N–H and O–H groups in total. The van der Waals surface area contributed by atoms with Gasteiger partial charge in [-0.25, -0.2) is 0 Å². The first-order valence-corrected chi connectivity index (χ1v) is 8.39. The molecule has 0 saturated carbocycles. The second-order valence-electron chi connectivity index (χ2n) is 5.84. The van der Waals surface area contributed by atoms with Gasteiger partial charge in [-0.15, -0.1) is 0 Å². The van der Waals surface area contributed by atoms with Crippen LogP contribution in [0.2, 0.25) is 0 Å². The monoisotopic (exact) mass is 348 g/mol. The number of thiocarbonyl (C=S) groups is 1. The van der Waals surface area contributed by atoms with E-state index in [0.29, 0.717) is 5.11 Å². The Labute approximate surface area is 153 Å². The highest BCUT2D eigenvalue weighted by Crippen LogP contribution is 2.22. The number of anilines is 2. The largest absolute Gasteiger partial charge is 0.378 e. The Morgan fingerprint density at radius 1 is 0.960 bits per heavy atom. The predicted molar refractivity (Wildman–Crippen MR) is 112 cm³/mol. The zero-order valence-corrected chi connectivity index (χ0v) is 15.0. The second kappa shape index (κ2) is 7.77. The van der Waals surface area contributed by atoms with Gasteiger partial charge in [0.05, 0.1) is 6.21 Å². The van der Waals surface area contributed by atoms with Crippen molar-refractivity contribution in [2.24, 2.45) is 5.10 Å². The standard InChI is InChI=1S/C20H20N4S/c1-24(2)17-12-10-15(11-13-17)14-21-23-20(25)22-19-9-5-7-16-6-3-4-8-18(16)19/h3-14H,1-2H3,(H2,22,23,25)/b21-14+. The lowest BCUT2D eigenvalue weighted by molar-refractivity contribution is 1.05. The SMILES string of the molecule is CN(C)c1ccc(/C=N/NC(=S)Nc2cccc3ccccc23)cc1. The molecule has 0 fully saturated rings. The van der Waals surface area contributed by atoms with Crippen molar-refractivity contribution in [3.63, 3.8) is 0 Å². The van der Waals surface area contributed by atoms with E-state index in [1.165, 1.54) is 5.39 Å². The zero-order valence-electron chi connectivity index (χ0n) is 14.2. The van der Waals surface area contributed by atoms with E-state index in [1.807, 2.05) is 62.6 Å². The quantitative estimate of drug-likeness (QED) is 0.421. The summed E-state index contributed by atoms with van der Waals surface area (Å²) in [5.41, 5.74) is 5.98. The maximum Gasteiger partial charge on any atom is 0.191 e. The maximum atomic E-state index is 5.33. The van der Waals surface area contributed by atoms with Crippen LogP contribution in [-0.2, 0) is 0 Å². The van der Waals surface area contributed by atoms with Crippen molar-refractivity contribution >= 4 is 45.7 Å². The molecular formula is C20H20N4S. The summed E-state index contributed by atoms with van der Waals surface area (Å²) in [4.78, 5) is 2.06. The van der Waals surface area contributed by atoms with Gasteiger partial charge >= 0.3 is 0 Å². The Morgan fingerprint density at radius 2 is 1.68 bits per heavy atom. The van der Waals surface area contributed by atoms with E-state index in [9.17, 15) is 0 Å². The molecule has 5 heteroatoms. The molecule has 0 heterocycles. The van der Waals surface area contributed by atoms with E-state index in [2.05, 4.69) is 38.9 Å². The van der Waals surface area contributed by atoms with Crippen LogP contribution >= 0.6 is 12.2 Å². The Morgan fingerprint density at radius 3 is 2.44 bits per heavy atom. The molecule has 4 nitrogen and oxygen atoms in total. The molecule has 3 rings (SSSR count). The zero-order chi connectivity index (χ0) is 17.6. The third kappa shape index (κ3) is 4.33. The van der Waals surface area contributed by atoms with Gasteiger partial charge in [0.25, 0.3) is 0 Å². The fourth-order valence-electron chi connectivity index (χ4n) is 2.51. The number of nitrogens with one attached hydrogen (secondary N) is 2. The minimum Gasteiger partial charge on any atom is -0.378 e. The van der Waals surface area contributed by atoms with Crippen molar-refractivity contribution in [2.45, 2.75) is 0 Å². The molecule has 0 aromatic heterocycles. The molecule has 126 valence electrons. The molecule has 0 spiro atoms. The smallest absolute Gasteiger partial charge is 0.191 e. The number of fused-ring (bicyclic) bond motifs is 1. The Hall–Kier alpha value is -2.92. The van der Waals surface area contributed by atoms with Gasteiger partial charge in [0.2, 0.25) is 0 Å². The van der Waals surface area contributed by atoms with Gasteiger partial charge in [0.15, 0.2) is 5.11 Å². The average molecular weight is 348 g/mol. The molecule has 0 amide bonds. The van der Waals surface area contributed by atoms with Crippen molar-refractivity contribution in [1.82, 2.24) is 5.43 Å². The fraction of sp³-hybridized carbons (Fsp3) is 0.100. The van der Waals surface area contributed by atoms with Crippen molar-refractivity contribution < 1.29 is 0 Å². The molecule has 0 unspecified atom stereocenters. The third-order valence-electron chi connectivity index (χ3n) is 3.83. The van der Waals surface area contributed by atoms with Crippen LogP contribution in [0.1, 0.15) is 5.56 Å². The van der Waals surface area contributed by atoms with E-state index in [4.69, 9.17) is 12.2 Å². The van der Waals surface area contributed by atoms with Crippen LogP contribution in [0.4, 0.5) is 11.4 Å². The Balaban J connectivity index is 1.62. The molecular weight excluding hydrogens is 328 g/mol. The average Bonchev–Trinajstić information content (AvgIpc) is 2.62. The molecule has 25 heavy (non-hydrogen) atoms. The molecule has 0 atom stereocenters. The van der Waals surface area contributed by atoms with Gasteiger partial charge in [0, 0.05) is 30.9 Å². The summed E-state index contributed by atoms with van der Waals surface area (Å²) < 4.78 is 0. The molecule has 3 aromatic carbocycles. The molecule has 3 aromatic rings. The number of benzene rings is 3. The van der Waals surface area contributed by atoms with Crippen molar-refractivity contribution in [2.75, 3.05) is 24.3 Å². The molecule has 0 aliphatic carbocycles. The number of hydrogen-bond acceptors (Lipinski definition) is 3. The highest BCUT2D eigenvalue weighted by Gasteiger charge is 2.01. The minimum absolute atomic E-state index is 0.456. The third-order valence-corrected chi connectivity index (χ3v) is 4.02. The summed E-state index contributed by atoms with van der Waals surface area (Å²) >= 11 is 5.33. The van der Waals surface area contributed by atoms with Gasteiger partial charge in [-0.2, -0.15) is 5.10 Å². The van der Waals surface area contributed by atoms with Crippen molar-refractivity contribution in [3.05, 3.63) is 72.3 Å². The lowest BCUT2D eigenvalue weighted by Crippen LogP contribution is -2.23. The van der Waals surface area contributed by atoms with Crippen LogP contribution < -0.4 is 15.6 Å². The molecule has 0 bridgehead atoms. The molecule has 0 aliphatic heterocycles. The molecule has 0 radical (unpaired) electrons. The second-order valence-corrected chi connectivity index (χ2v) is 6.25. The van der Waals surface area contributed by atoms with Crippen molar-refractivity contribution in [3.8, 4) is 0 Å². The van der Waals surface area contributed by atoms with E-state index in [-0.39, 0.29) is 0 Å². The number of hydrazone groups is 1. The van der Waals surface area contributed by atoms with E-state index in [0.717, 1.165) is 22.3 Å². The molecule has 0 saturated heterocycles. The van der Waals surface area contributed by atoms with Gasteiger partial charge in [-0.3, -0.25) is 5.43 Å². The summed E-state index contributed by atoms with van der Waals surface area (Å²) in [6.45, 7) is 0. The van der Waals surface area contributed by atoms with Crippen molar-refractivity contribution in [1.29, 1.82) is 0 Å². The normalized spacial score (nSPS) is 10.8. The number of rotatable bonds is 4. The first-order valence-electron chi connectivity index (χ1n) is 7.99. The highest BCUT2D eigenvalue weighted by atomic mass is 32.1. The van der Waals surface area contributed by atoms with Gasteiger partial charge in [0.1, 0.15) is 0 Å². The number of nitrogens with zero attached hydrogens (tertiary/aromatic N) is 2. The summed E-state index contributed by atoms with van der Waals surface area (Å²) in [5, 5.41) is 10.1. The summed E-state index contributed by atoms with van der Waals surface area (Å²) in [6.07, 6.45) is 1.75. The lowest BCUT2D eigenvalue weighted by Gasteiger charge is -2.12. The minimum atomic E-state index is 0.456. The first kappa shape index (κ1) is 16.9. The molecule has 0 aliphatic rings. The van der Waals surface area contributed by atoms with Crippen LogP contribution in [-0.4, -0.2) is 25.4 Å². The van der Waals surface area contributed by atoms with Crippen LogP contribution in [0.3, 0.4) is 0 Å². The predicted octanol–water partition coefficient (Wildman–Crippen LogP) is 4.23. The number of hydrogen-bond donors (Lipinski definition) is 2. The maximum absolute atomic E-state index is 5.33. The van der Waals surface area contributed by atoms with E-state index < -0.39 is 0 Å². The Bertz CT molecular complexity index is 896. The summed E-state index contributed by atoms with van der Waals surface area (Å²) in [6, 6.07) is 22.4. The summed E-state index contributed by atoms with van der Waals surface area (Å²) in [7, 11) is 4.03. The van der Waals surface area contributed by atoms with Crippen LogP contribution in [0.5, 0.6) is 0 Å². The van der Waals surface area contributed by atoms with Gasteiger partial charge in [-0.05, 0) is 41.4 Å². The van der Waals surface area contributed by atoms with Crippen LogP contribution in [0, 0.1) is 0 Å². The van der Waals surface area contributed by atoms with Gasteiger partial charge < -0.3 is 10.2 Å². The van der Waals surface area contributed by atoms with Crippen LogP contribution in [0.15, 0.2) is 71.8 Å². The fourth-order valence-corrected chi connectivity index (χ4v) is 2.67.